The van der Waals surface area contributed by atoms with E-state index in [1.807, 2.05) is 39.8 Å². The molecule has 1 aliphatic heterocycles. The Morgan fingerprint density at radius 2 is 1.81 bits per heavy atom. The number of hydrogen-bond acceptors (Lipinski definition) is 4. The maximum atomic E-state index is 10.6. The minimum absolute atomic E-state index is 0.0925. The summed E-state index contributed by atoms with van der Waals surface area (Å²) in [5, 5.41) is 8.72. The van der Waals surface area contributed by atoms with Gasteiger partial charge in [0.05, 0.1) is 11.2 Å². The molecule has 0 saturated carbocycles. The first-order valence-electron chi connectivity index (χ1n) is 7.08. The van der Waals surface area contributed by atoms with Gasteiger partial charge in [-0.15, -0.1) is 0 Å². The average Bonchev–Trinajstić information content (AvgIpc) is 2.55. The molecule has 1 aliphatic rings. The summed E-state index contributed by atoms with van der Waals surface area (Å²) in [6.07, 6.45) is 0.554. The molecule has 0 unspecified atom stereocenters. The highest BCUT2D eigenvalue weighted by atomic mass is 16.7. The highest BCUT2D eigenvalue weighted by Gasteiger charge is 2.52. The van der Waals surface area contributed by atoms with E-state index in [1.165, 1.54) is 0 Å². The molecule has 1 fully saturated rings. The predicted octanol–water partition coefficient (Wildman–Crippen LogP) is 1.59. The minimum Gasteiger partial charge on any atom is -0.481 e. The van der Waals surface area contributed by atoms with Crippen molar-refractivity contribution in [2.24, 2.45) is 0 Å². The lowest BCUT2D eigenvalue weighted by Crippen LogP contribution is -2.41. The van der Waals surface area contributed by atoms with Gasteiger partial charge in [-0.1, -0.05) is 12.1 Å². The van der Waals surface area contributed by atoms with E-state index >= 15 is 0 Å². The van der Waals surface area contributed by atoms with E-state index in [-0.39, 0.29) is 6.42 Å². The fraction of sp³-hybridized carbons (Fsp3) is 0.533. The van der Waals surface area contributed by atoms with Crippen LogP contribution < -0.4 is 11.2 Å². The smallest absolute Gasteiger partial charge is 0.481 e. The Labute approximate surface area is 125 Å². The lowest BCUT2D eigenvalue weighted by Gasteiger charge is -2.32. The summed E-state index contributed by atoms with van der Waals surface area (Å²) < 4.78 is 11.9. The summed E-state index contributed by atoms with van der Waals surface area (Å²) in [5.41, 5.74) is 7.51. The monoisotopic (exact) mass is 291 g/mol. The Bertz CT molecular complexity index is 541. The van der Waals surface area contributed by atoms with Gasteiger partial charge in [0.1, 0.15) is 0 Å². The molecule has 2 rings (SSSR count). The van der Waals surface area contributed by atoms with Crippen molar-refractivity contribution in [3.63, 3.8) is 0 Å². The van der Waals surface area contributed by atoms with Gasteiger partial charge in [0.15, 0.2) is 0 Å². The quantitative estimate of drug-likeness (QED) is 0.650. The van der Waals surface area contributed by atoms with Crippen molar-refractivity contribution in [3.8, 4) is 0 Å². The highest BCUT2D eigenvalue weighted by molar-refractivity contribution is 6.63. The van der Waals surface area contributed by atoms with Crippen LogP contribution in [0.15, 0.2) is 18.2 Å². The Balaban J connectivity index is 2.17. The first-order chi connectivity index (χ1) is 9.62. The molecule has 0 bridgehead atoms. The van der Waals surface area contributed by atoms with Crippen molar-refractivity contribution < 1.29 is 19.2 Å². The van der Waals surface area contributed by atoms with Crippen LogP contribution >= 0.6 is 0 Å². The average molecular weight is 291 g/mol. The van der Waals surface area contributed by atoms with Crippen molar-refractivity contribution in [3.05, 3.63) is 23.8 Å². The summed E-state index contributed by atoms with van der Waals surface area (Å²) >= 11 is 0. The molecule has 1 aromatic rings. The molecule has 1 saturated heterocycles. The zero-order chi connectivity index (χ0) is 15.8. The Hall–Kier alpha value is -1.53. The van der Waals surface area contributed by atoms with Gasteiger partial charge in [0.25, 0.3) is 0 Å². The number of aliphatic carboxylic acids is 1. The number of hydrogen-bond donors (Lipinski definition) is 2. The maximum absolute atomic E-state index is 10.6. The number of nitrogens with two attached hydrogens (primary N) is 1. The summed E-state index contributed by atoms with van der Waals surface area (Å²) in [6.45, 7) is 7.96. The molecular formula is C15H22BNO4. The van der Waals surface area contributed by atoms with Gasteiger partial charge in [-0.25, -0.2) is 0 Å². The number of rotatable bonds is 4. The third kappa shape index (κ3) is 3.22. The molecule has 0 atom stereocenters. The zero-order valence-electron chi connectivity index (χ0n) is 13.0. The molecule has 0 radical (unpaired) electrons. The topological polar surface area (TPSA) is 81.8 Å². The summed E-state index contributed by atoms with van der Waals surface area (Å²) in [5.74, 6) is -0.816. The molecule has 0 spiro atoms. The van der Waals surface area contributed by atoms with E-state index in [0.29, 0.717) is 12.1 Å². The second kappa shape index (κ2) is 5.35. The lowest BCUT2D eigenvalue weighted by atomic mass is 9.77. The molecule has 1 aromatic carbocycles. The van der Waals surface area contributed by atoms with Crippen LogP contribution in [0, 0.1) is 0 Å². The van der Waals surface area contributed by atoms with Gasteiger partial charge in [-0.2, -0.15) is 0 Å². The number of aryl methyl sites for hydroxylation is 1. The van der Waals surface area contributed by atoms with E-state index in [1.54, 1.807) is 6.07 Å². The van der Waals surface area contributed by atoms with Crippen LogP contribution in [0.4, 0.5) is 5.69 Å². The van der Waals surface area contributed by atoms with Crippen molar-refractivity contribution in [1.29, 1.82) is 0 Å². The van der Waals surface area contributed by atoms with E-state index in [2.05, 4.69) is 0 Å². The molecule has 5 nitrogen and oxygen atoms in total. The van der Waals surface area contributed by atoms with Crippen LogP contribution in [0.2, 0.25) is 0 Å². The Morgan fingerprint density at radius 3 is 2.29 bits per heavy atom. The second-order valence-electron chi connectivity index (χ2n) is 6.45. The minimum atomic E-state index is -0.816. The molecule has 21 heavy (non-hydrogen) atoms. The third-order valence-electron chi connectivity index (χ3n) is 4.29. The number of carbonyl (C=O) groups is 1. The summed E-state index contributed by atoms with van der Waals surface area (Å²) in [6, 6.07) is 5.53. The normalized spacial score (nSPS) is 19.7. The second-order valence-corrected chi connectivity index (χ2v) is 6.45. The van der Waals surface area contributed by atoms with Gasteiger partial charge in [0.2, 0.25) is 0 Å². The summed E-state index contributed by atoms with van der Waals surface area (Å²) in [7, 11) is -0.497. The SMILES string of the molecule is CC1(C)OB(c2ccc(CCC(=O)O)cc2N)OC1(C)C. The molecule has 6 heteroatoms. The lowest BCUT2D eigenvalue weighted by molar-refractivity contribution is -0.136. The molecule has 3 N–H and O–H groups in total. The largest absolute Gasteiger partial charge is 0.496 e. The van der Waals surface area contributed by atoms with Gasteiger partial charge in [0, 0.05) is 17.6 Å². The predicted molar refractivity (Wildman–Crippen MR) is 82.5 cm³/mol. The van der Waals surface area contributed by atoms with Gasteiger partial charge in [-0.05, 0) is 45.7 Å². The van der Waals surface area contributed by atoms with Crippen LogP contribution in [-0.2, 0) is 20.5 Å². The van der Waals surface area contributed by atoms with E-state index in [4.69, 9.17) is 20.1 Å². The number of benzene rings is 1. The van der Waals surface area contributed by atoms with Crippen molar-refractivity contribution >= 4 is 24.2 Å². The van der Waals surface area contributed by atoms with Gasteiger partial charge >= 0.3 is 13.1 Å². The standard InChI is InChI=1S/C15H22BNO4/c1-14(2)15(3,4)21-16(20-14)11-7-5-10(9-12(11)17)6-8-13(18)19/h5,7,9H,6,8,17H2,1-4H3,(H,18,19). The van der Waals surface area contributed by atoms with Crippen molar-refractivity contribution in [1.82, 2.24) is 0 Å². The Kier molecular flexibility index (Phi) is 4.04. The molecular weight excluding hydrogens is 269 g/mol. The highest BCUT2D eigenvalue weighted by Crippen LogP contribution is 2.36. The first kappa shape index (κ1) is 15.9. The number of carboxylic acid groups (broad SMARTS) is 1. The molecule has 0 amide bonds. The first-order valence-corrected chi connectivity index (χ1v) is 7.08. The van der Waals surface area contributed by atoms with Crippen LogP contribution in [-0.4, -0.2) is 29.4 Å². The fourth-order valence-electron chi connectivity index (χ4n) is 2.22. The molecule has 0 aliphatic carbocycles. The van der Waals surface area contributed by atoms with Crippen LogP contribution in [0.5, 0.6) is 0 Å². The Morgan fingerprint density at radius 1 is 1.24 bits per heavy atom. The van der Waals surface area contributed by atoms with Gasteiger partial charge in [-0.3, -0.25) is 4.79 Å². The number of anilines is 1. The van der Waals surface area contributed by atoms with Crippen LogP contribution in [0.1, 0.15) is 39.7 Å². The van der Waals surface area contributed by atoms with Crippen LogP contribution in [0.3, 0.4) is 0 Å². The number of nitrogen functional groups attached to an aromatic ring is 1. The van der Waals surface area contributed by atoms with Crippen molar-refractivity contribution in [2.75, 3.05) is 5.73 Å². The molecule has 1 heterocycles. The van der Waals surface area contributed by atoms with E-state index in [9.17, 15) is 4.79 Å². The molecule has 114 valence electrons. The third-order valence-corrected chi connectivity index (χ3v) is 4.29. The fourth-order valence-corrected chi connectivity index (χ4v) is 2.22. The zero-order valence-corrected chi connectivity index (χ0v) is 13.0. The van der Waals surface area contributed by atoms with E-state index < -0.39 is 24.3 Å². The van der Waals surface area contributed by atoms with E-state index in [0.717, 1.165) is 11.0 Å². The van der Waals surface area contributed by atoms with Gasteiger partial charge < -0.3 is 20.1 Å². The summed E-state index contributed by atoms with van der Waals surface area (Å²) in [4.78, 5) is 10.6. The molecule has 0 aromatic heterocycles. The maximum Gasteiger partial charge on any atom is 0.496 e. The van der Waals surface area contributed by atoms with Crippen LogP contribution in [0.25, 0.3) is 0 Å². The van der Waals surface area contributed by atoms with Crippen molar-refractivity contribution in [2.45, 2.75) is 51.7 Å². The number of carboxylic acids is 1.